The molecule has 0 heterocycles. The maximum absolute atomic E-state index is 13.5. The van der Waals surface area contributed by atoms with Gasteiger partial charge < -0.3 is 10.1 Å². The van der Waals surface area contributed by atoms with Crippen molar-refractivity contribution in [2.45, 2.75) is 19.9 Å². The Balaban J connectivity index is 2.99. The van der Waals surface area contributed by atoms with Crippen molar-refractivity contribution in [3.05, 3.63) is 29.3 Å². The van der Waals surface area contributed by atoms with Crippen LogP contribution in [0.4, 0.5) is 8.78 Å². The standard InChI is InChI=1S/C13H13F2NO2/c1-4-5-18-12-10(14)6-9(7-11(12)15)13(17)16-8(2)3/h1,6-8H,5H2,2-3H3,(H,16,17). The molecule has 0 aromatic heterocycles. The predicted octanol–water partition coefficient (Wildman–Crippen LogP) is 2.12. The number of halogens is 2. The molecule has 0 saturated carbocycles. The molecule has 1 amide bonds. The van der Waals surface area contributed by atoms with Crippen molar-refractivity contribution in [3.63, 3.8) is 0 Å². The van der Waals surface area contributed by atoms with Crippen LogP contribution < -0.4 is 10.1 Å². The Morgan fingerprint density at radius 3 is 2.44 bits per heavy atom. The molecule has 3 nitrogen and oxygen atoms in total. The molecule has 0 saturated heterocycles. The molecular formula is C13H13F2NO2. The molecule has 1 N–H and O–H groups in total. The van der Waals surface area contributed by atoms with E-state index in [1.807, 2.05) is 0 Å². The van der Waals surface area contributed by atoms with Gasteiger partial charge in [0.2, 0.25) is 0 Å². The number of hydrogen-bond donors (Lipinski definition) is 1. The Labute approximate surface area is 104 Å². The highest BCUT2D eigenvalue weighted by atomic mass is 19.1. The number of terminal acetylenes is 1. The number of carbonyl (C=O) groups is 1. The Kier molecular flexibility index (Phi) is 4.67. The number of amides is 1. The normalized spacial score (nSPS) is 10.0. The van der Waals surface area contributed by atoms with Gasteiger partial charge in [-0.25, -0.2) is 8.78 Å². The van der Waals surface area contributed by atoms with E-state index in [9.17, 15) is 13.6 Å². The predicted molar refractivity (Wildman–Crippen MR) is 63.3 cm³/mol. The number of carbonyl (C=O) groups excluding carboxylic acids is 1. The van der Waals surface area contributed by atoms with Crippen LogP contribution in [-0.4, -0.2) is 18.6 Å². The monoisotopic (exact) mass is 253 g/mol. The van der Waals surface area contributed by atoms with Crippen molar-refractivity contribution >= 4 is 5.91 Å². The van der Waals surface area contributed by atoms with Gasteiger partial charge in [0.25, 0.3) is 5.91 Å². The van der Waals surface area contributed by atoms with Gasteiger partial charge in [0.05, 0.1) is 0 Å². The summed E-state index contributed by atoms with van der Waals surface area (Å²) < 4.78 is 31.8. The van der Waals surface area contributed by atoms with Gasteiger partial charge in [-0.2, -0.15) is 0 Å². The molecule has 96 valence electrons. The SMILES string of the molecule is C#CCOc1c(F)cc(C(=O)NC(C)C)cc1F. The van der Waals surface area contributed by atoms with Gasteiger partial charge in [0.15, 0.2) is 17.4 Å². The summed E-state index contributed by atoms with van der Waals surface area (Å²) in [6.07, 6.45) is 4.93. The molecule has 5 heteroatoms. The first-order chi connectivity index (χ1) is 8.45. The van der Waals surface area contributed by atoms with Crippen LogP contribution in [0.5, 0.6) is 5.75 Å². The van der Waals surface area contributed by atoms with Gasteiger partial charge in [0.1, 0.15) is 6.61 Å². The van der Waals surface area contributed by atoms with Crippen molar-refractivity contribution < 1.29 is 18.3 Å². The lowest BCUT2D eigenvalue weighted by atomic mass is 10.1. The topological polar surface area (TPSA) is 38.3 Å². The maximum Gasteiger partial charge on any atom is 0.251 e. The van der Waals surface area contributed by atoms with Gasteiger partial charge in [-0.3, -0.25) is 4.79 Å². The largest absolute Gasteiger partial charge is 0.475 e. The molecule has 0 aliphatic carbocycles. The second kappa shape index (κ2) is 6.01. The summed E-state index contributed by atoms with van der Waals surface area (Å²) in [5, 5.41) is 2.53. The zero-order valence-electron chi connectivity index (χ0n) is 10.1. The zero-order valence-corrected chi connectivity index (χ0v) is 10.1. The summed E-state index contributed by atoms with van der Waals surface area (Å²) in [4.78, 5) is 11.6. The highest BCUT2D eigenvalue weighted by Gasteiger charge is 2.16. The zero-order chi connectivity index (χ0) is 13.7. The van der Waals surface area contributed by atoms with E-state index in [4.69, 9.17) is 11.2 Å². The lowest BCUT2D eigenvalue weighted by molar-refractivity contribution is 0.0942. The maximum atomic E-state index is 13.5. The van der Waals surface area contributed by atoms with Crippen molar-refractivity contribution in [3.8, 4) is 18.1 Å². The number of benzene rings is 1. The van der Waals surface area contributed by atoms with Gasteiger partial charge in [-0.15, -0.1) is 6.42 Å². The van der Waals surface area contributed by atoms with Gasteiger partial charge >= 0.3 is 0 Å². The minimum Gasteiger partial charge on any atom is -0.475 e. The fourth-order valence-corrected chi connectivity index (χ4v) is 1.29. The fourth-order valence-electron chi connectivity index (χ4n) is 1.29. The Morgan fingerprint density at radius 1 is 1.44 bits per heavy atom. The second-order valence-corrected chi connectivity index (χ2v) is 3.89. The average molecular weight is 253 g/mol. The second-order valence-electron chi connectivity index (χ2n) is 3.89. The van der Waals surface area contributed by atoms with Crippen LogP contribution >= 0.6 is 0 Å². The summed E-state index contributed by atoms with van der Waals surface area (Å²) in [6.45, 7) is 3.25. The molecule has 0 unspecified atom stereocenters. The van der Waals surface area contributed by atoms with Crippen LogP contribution in [0, 0.1) is 24.0 Å². The molecule has 1 aromatic rings. The molecule has 1 rings (SSSR count). The van der Waals surface area contributed by atoms with Crippen molar-refractivity contribution in [2.24, 2.45) is 0 Å². The van der Waals surface area contributed by atoms with E-state index in [2.05, 4.69) is 11.2 Å². The Bertz CT molecular complexity index is 469. The average Bonchev–Trinajstić information content (AvgIpc) is 2.26. The van der Waals surface area contributed by atoms with Crippen molar-refractivity contribution in [1.29, 1.82) is 0 Å². The van der Waals surface area contributed by atoms with Crippen LogP contribution in [0.1, 0.15) is 24.2 Å². The number of ether oxygens (including phenoxy) is 1. The fraction of sp³-hybridized carbons (Fsp3) is 0.308. The van der Waals surface area contributed by atoms with E-state index in [0.29, 0.717) is 0 Å². The molecule has 0 fully saturated rings. The summed E-state index contributed by atoms with van der Waals surface area (Å²) in [5.74, 6) is -0.944. The number of hydrogen-bond acceptors (Lipinski definition) is 2. The van der Waals surface area contributed by atoms with Crippen LogP contribution in [0.15, 0.2) is 12.1 Å². The first-order valence-corrected chi connectivity index (χ1v) is 5.32. The molecule has 0 spiro atoms. The minimum atomic E-state index is -0.959. The van der Waals surface area contributed by atoms with Crippen LogP contribution in [0.3, 0.4) is 0 Å². The third-order valence-corrected chi connectivity index (χ3v) is 1.98. The van der Waals surface area contributed by atoms with E-state index in [0.717, 1.165) is 12.1 Å². The highest BCUT2D eigenvalue weighted by Crippen LogP contribution is 2.23. The number of nitrogens with one attached hydrogen (secondary N) is 1. The molecule has 0 aliphatic rings. The summed E-state index contributed by atoms with van der Waals surface area (Å²) in [5.41, 5.74) is -0.105. The number of rotatable bonds is 4. The van der Waals surface area contributed by atoms with Crippen LogP contribution in [0.25, 0.3) is 0 Å². The smallest absolute Gasteiger partial charge is 0.251 e. The first kappa shape index (κ1) is 14.0. The molecule has 18 heavy (non-hydrogen) atoms. The molecule has 0 atom stereocenters. The van der Waals surface area contributed by atoms with Gasteiger partial charge in [-0.1, -0.05) is 5.92 Å². The van der Waals surface area contributed by atoms with E-state index in [-0.39, 0.29) is 18.2 Å². The lowest BCUT2D eigenvalue weighted by Gasteiger charge is -2.10. The highest BCUT2D eigenvalue weighted by molar-refractivity contribution is 5.94. The molecule has 0 bridgehead atoms. The van der Waals surface area contributed by atoms with E-state index >= 15 is 0 Å². The minimum absolute atomic E-state index is 0.105. The van der Waals surface area contributed by atoms with Crippen LogP contribution in [0.2, 0.25) is 0 Å². The van der Waals surface area contributed by atoms with Crippen molar-refractivity contribution in [1.82, 2.24) is 5.32 Å². The Morgan fingerprint density at radius 2 is 2.00 bits per heavy atom. The summed E-state index contributed by atoms with van der Waals surface area (Å²) in [6, 6.07) is 1.69. The van der Waals surface area contributed by atoms with E-state index in [1.165, 1.54) is 0 Å². The first-order valence-electron chi connectivity index (χ1n) is 5.32. The molecule has 0 radical (unpaired) electrons. The summed E-state index contributed by atoms with van der Waals surface area (Å²) in [7, 11) is 0. The quantitative estimate of drug-likeness (QED) is 0.835. The van der Waals surface area contributed by atoms with Crippen molar-refractivity contribution in [2.75, 3.05) is 6.61 Å². The lowest BCUT2D eigenvalue weighted by Crippen LogP contribution is -2.30. The summed E-state index contributed by atoms with van der Waals surface area (Å²) >= 11 is 0. The van der Waals surface area contributed by atoms with Crippen LogP contribution in [-0.2, 0) is 0 Å². The third kappa shape index (κ3) is 3.45. The molecular weight excluding hydrogens is 240 g/mol. The third-order valence-electron chi connectivity index (χ3n) is 1.98. The Hall–Kier alpha value is -2.09. The van der Waals surface area contributed by atoms with Gasteiger partial charge in [0, 0.05) is 11.6 Å². The molecule has 1 aromatic carbocycles. The van der Waals surface area contributed by atoms with E-state index < -0.39 is 23.3 Å². The van der Waals surface area contributed by atoms with E-state index in [1.54, 1.807) is 13.8 Å². The van der Waals surface area contributed by atoms with Gasteiger partial charge in [-0.05, 0) is 26.0 Å². The molecule has 0 aliphatic heterocycles.